The molecular weight excluding hydrogens is 414 g/mol. The average molecular weight is 431 g/mol. The first-order chi connectivity index (χ1) is 14.2. The Morgan fingerprint density at radius 3 is 2.40 bits per heavy atom. The number of carbonyl (C=O) groups is 2. The van der Waals surface area contributed by atoms with Gasteiger partial charge in [-0.25, -0.2) is 18.2 Å². The van der Waals surface area contributed by atoms with Crippen LogP contribution in [0.4, 0.5) is 0 Å². The third kappa shape index (κ3) is 4.39. The van der Waals surface area contributed by atoms with E-state index in [9.17, 15) is 23.1 Å². The minimum Gasteiger partial charge on any atom is -0.504 e. The molecule has 3 rings (SSSR count). The zero-order valence-electron chi connectivity index (χ0n) is 15.6. The summed E-state index contributed by atoms with van der Waals surface area (Å²) in [5, 5.41) is 19.1. The molecule has 2 amide bonds. The smallest absolute Gasteiger partial charge is 0.294 e. The van der Waals surface area contributed by atoms with Gasteiger partial charge < -0.3 is 9.84 Å². The van der Waals surface area contributed by atoms with E-state index in [1.807, 2.05) is 0 Å². The lowest BCUT2D eigenvalue weighted by Crippen LogP contribution is -2.42. The number of rotatable bonds is 5. The second kappa shape index (κ2) is 8.23. The number of hydrogen-bond acceptors (Lipinski definition) is 7. The molecule has 156 valence electrons. The maximum absolute atomic E-state index is 12.4. The Balaban J connectivity index is 1.77. The summed E-state index contributed by atoms with van der Waals surface area (Å²) in [5.41, 5.74) is 4.32. The summed E-state index contributed by atoms with van der Waals surface area (Å²) in [6.45, 7) is 0. The predicted molar refractivity (Wildman–Crippen MR) is 105 cm³/mol. The Labute approximate surface area is 171 Å². The maximum atomic E-state index is 12.4. The number of aromatic hydroxyl groups is 1. The molecule has 0 saturated heterocycles. The van der Waals surface area contributed by atoms with Gasteiger partial charge in [-0.05, 0) is 30.3 Å². The third-order valence-corrected chi connectivity index (χ3v) is 4.88. The Hall–Kier alpha value is -3.90. The molecule has 30 heavy (non-hydrogen) atoms. The number of ether oxygens (including phenoxy) is 1. The van der Waals surface area contributed by atoms with E-state index < -0.39 is 27.6 Å². The van der Waals surface area contributed by atoms with Crippen LogP contribution in [0.5, 0.6) is 11.5 Å². The highest BCUT2D eigenvalue weighted by Crippen LogP contribution is 2.22. The van der Waals surface area contributed by atoms with Gasteiger partial charge >= 0.3 is 0 Å². The van der Waals surface area contributed by atoms with Crippen molar-refractivity contribution in [1.29, 1.82) is 0 Å². The highest BCUT2D eigenvalue weighted by molar-refractivity contribution is 7.89. The SMILES string of the molecule is COc1ccc(S(N)(=O)=O)cc1C(=O)NNC(=O)c1nn(-c2ccccc2)cc1O. The van der Waals surface area contributed by atoms with Gasteiger partial charge in [0.1, 0.15) is 5.75 Å². The fourth-order valence-electron chi connectivity index (χ4n) is 2.52. The molecule has 0 aliphatic heterocycles. The molecule has 0 aliphatic carbocycles. The molecule has 11 nitrogen and oxygen atoms in total. The van der Waals surface area contributed by atoms with Crippen molar-refractivity contribution in [2.45, 2.75) is 4.90 Å². The van der Waals surface area contributed by atoms with E-state index in [0.29, 0.717) is 5.69 Å². The quantitative estimate of drug-likeness (QED) is 0.422. The topological polar surface area (TPSA) is 166 Å². The van der Waals surface area contributed by atoms with Gasteiger partial charge in [0.05, 0.1) is 29.5 Å². The van der Waals surface area contributed by atoms with E-state index in [1.54, 1.807) is 30.3 Å². The van der Waals surface area contributed by atoms with Crippen LogP contribution >= 0.6 is 0 Å². The Morgan fingerprint density at radius 1 is 1.10 bits per heavy atom. The van der Waals surface area contributed by atoms with Crippen molar-refractivity contribution in [3.63, 3.8) is 0 Å². The van der Waals surface area contributed by atoms with Crippen LogP contribution in [0.2, 0.25) is 0 Å². The molecular formula is C18H17N5O6S. The van der Waals surface area contributed by atoms with Gasteiger partial charge in [0.25, 0.3) is 11.8 Å². The van der Waals surface area contributed by atoms with Crippen molar-refractivity contribution in [3.05, 3.63) is 66.0 Å². The van der Waals surface area contributed by atoms with Gasteiger partial charge in [-0.15, -0.1) is 0 Å². The number of benzene rings is 2. The molecule has 12 heteroatoms. The second-order valence-corrected chi connectivity index (χ2v) is 7.52. The zero-order valence-corrected chi connectivity index (χ0v) is 16.4. The fraction of sp³-hybridized carbons (Fsp3) is 0.0556. The van der Waals surface area contributed by atoms with Gasteiger partial charge in [-0.1, -0.05) is 18.2 Å². The van der Waals surface area contributed by atoms with E-state index >= 15 is 0 Å². The van der Waals surface area contributed by atoms with Crippen LogP contribution in [0.1, 0.15) is 20.8 Å². The van der Waals surface area contributed by atoms with Crippen LogP contribution in [0, 0.1) is 0 Å². The molecule has 5 N–H and O–H groups in total. The largest absolute Gasteiger partial charge is 0.504 e. The van der Waals surface area contributed by atoms with E-state index in [0.717, 1.165) is 6.07 Å². The summed E-state index contributed by atoms with van der Waals surface area (Å²) in [6, 6.07) is 12.2. The average Bonchev–Trinajstić information content (AvgIpc) is 3.13. The molecule has 0 fully saturated rings. The van der Waals surface area contributed by atoms with Crippen molar-refractivity contribution in [2.75, 3.05) is 7.11 Å². The number of sulfonamides is 1. The molecule has 0 spiro atoms. The Morgan fingerprint density at radius 2 is 1.77 bits per heavy atom. The number of amides is 2. The molecule has 0 radical (unpaired) electrons. The summed E-state index contributed by atoms with van der Waals surface area (Å²) in [4.78, 5) is 24.4. The second-order valence-electron chi connectivity index (χ2n) is 5.96. The van der Waals surface area contributed by atoms with Crippen LogP contribution in [0.3, 0.4) is 0 Å². The number of nitrogens with one attached hydrogen (secondary N) is 2. The summed E-state index contributed by atoms with van der Waals surface area (Å²) in [6.07, 6.45) is 1.24. The third-order valence-electron chi connectivity index (χ3n) is 3.96. The minimum absolute atomic E-state index is 0.0605. The number of nitrogens with zero attached hydrogens (tertiary/aromatic N) is 2. The zero-order chi connectivity index (χ0) is 21.9. The van der Waals surface area contributed by atoms with Gasteiger partial charge in [0.2, 0.25) is 10.0 Å². The van der Waals surface area contributed by atoms with Crippen molar-refractivity contribution in [1.82, 2.24) is 20.6 Å². The number of aromatic nitrogens is 2. The molecule has 0 saturated carbocycles. The maximum Gasteiger partial charge on any atom is 0.294 e. The molecule has 0 atom stereocenters. The molecule has 0 aliphatic rings. The van der Waals surface area contributed by atoms with Crippen molar-refractivity contribution in [2.24, 2.45) is 5.14 Å². The van der Waals surface area contributed by atoms with Gasteiger partial charge in [-0.3, -0.25) is 20.4 Å². The lowest BCUT2D eigenvalue weighted by molar-refractivity contribution is 0.0840. The number of hydrazine groups is 1. The number of para-hydroxylation sites is 1. The van der Waals surface area contributed by atoms with Crippen LogP contribution in [-0.4, -0.2) is 42.2 Å². The van der Waals surface area contributed by atoms with E-state index in [4.69, 9.17) is 9.88 Å². The van der Waals surface area contributed by atoms with E-state index in [2.05, 4.69) is 16.0 Å². The van der Waals surface area contributed by atoms with E-state index in [-0.39, 0.29) is 21.9 Å². The van der Waals surface area contributed by atoms with Crippen LogP contribution < -0.4 is 20.7 Å². The van der Waals surface area contributed by atoms with Crippen molar-refractivity contribution >= 4 is 21.8 Å². The molecule has 3 aromatic rings. The summed E-state index contributed by atoms with van der Waals surface area (Å²) < 4.78 is 29.4. The molecule has 1 heterocycles. The van der Waals surface area contributed by atoms with Gasteiger partial charge in [0.15, 0.2) is 11.4 Å². The fourth-order valence-corrected chi connectivity index (χ4v) is 3.06. The van der Waals surface area contributed by atoms with Crippen molar-refractivity contribution < 1.29 is 27.9 Å². The van der Waals surface area contributed by atoms with Crippen LogP contribution in [-0.2, 0) is 10.0 Å². The van der Waals surface area contributed by atoms with Gasteiger partial charge in [-0.2, -0.15) is 5.10 Å². The summed E-state index contributed by atoms with van der Waals surface area (Å²) in [5.74, 6) is -2.10. The first-order valence-corrected chi connectivity index (χ1v) is 9.91. The summed E-state index contributed by atoms with van der Waals surface area (Å²) in [7, 11) is -2.77. The Bertz CT molecular complexity index is 1210. The van der Waals surface area contributed by atoms with Crippen LogP contribution in [0.15, 0.2) is 59.6 Å². The lowest BCUT2D eigenvalue weighted by atomic mass is 10.2. The number of hydrogen-bond donors (Lipinski definition) is 4. The van der Waals surface area contributed by atoms with Crippen LogP contribution in [0.25, 0.3) is 5.69 Å². The highest BCUT2D eigenvalue weighted by Gasteiger charge is 2.20. The van der Waals surface area contributed by atoms with E-state index in [1.165, 1.54) is 30.1 Å². The first kappa shape index (κ1) is 20.8. The molecule has 0 unspecified atom stereocenters. The van der Waals surface area contributed by atoms with Crippen molar-refractivity contribution in [3.8, 4) is 17.2 Å². The Kier molecular flexibility index (Phi) is 5.71. The normalized spacial score (nSPS) is 11.0. The monoisotopic (exact) mass is 431 g/mol. The predicted octanol–water partition coefficient (Wildman–Crippen LogP) is 0.309. The first-order valence-electron chi connectivity index (χ1n) is 8.36. The number of nitrogens with two attached hydrogens (primary N) is 1. The molecule has 2 aromatic carbocycles. The summed E-state index contributed by atoms with van der Waals surface area (Å²) >= 11 is 0. The standard InChI is InChI=1S/C18H17N5O6S/c1-29-15-8-7-12(30(19,27)28)9-13(15)17(25)20-21-18(26)16-14(24)10-23(22-16)11-5-3-2-4-6-11/h2-10,24H,1H3,(H,20,25)(H,21,26)(H2,19,27,28). The lowest BCUT2D eigenvalue weighted by Gasteiger charge is -2.11. The number of carbonyl (C=O) groups excluding carboxylic acids is 2. The number of methoxy groups -OCH3 is 1. The van der Waals surface area contributed by atoms with Gasteiger partial charge in [0, 0.05) is 0 Å². The highest BCUT2D eigenvalue weighted by atomic mass is 32.2. The minimum atomic E-state index is -4.06. The molecule has 0 bridgehead atoms. The molecule has 1 aromatic heterocycles. The number of primary sulfonamides is 1.